The van der Waals surface area contributed by atoms with Crippen LogP contribution in [-0.4, -0.2) is 47.3 Å². The Bertz CT molecular complexity index is 1010. The van der Waals surface area contributed by atoms with Crippen molar-refractivity contribution in [3.05, 3.63) is 71.4 Å². The number of carbonyl (C=O) groups is 2. The Kier molecular flexibility index (Phi) is 5.59. The monoisotopic (exact) mass is 377 g/mol. The molecule has 2 aromatic carbocycles. The molecule has 1 heterocycles. The number of benzene rings is 2. The van der Waals surface area contributed by atoms with E-state index in [1.54, 1.807) is 25.0 Å². The van der Waals surface area contributed by atoms with E-state index in [0.717, 1.165) is 22.4 Å². The molecule has 0 fully saturated rings. The lowest BCUT2D eigenvalue weighted by Gasteiger charge is -2.10. The van der Waals surface area contributed by atoms with Crippen LogP contribution < -0.4 is 0 Å². The summed E-state index contributed by atoms with van der Waals surface area (Å²) in [5.74, 6) is -0.859. The summed E-state index contributed by atoms with van der Waals surface area (Å²) in [5.41, 5.74) is 4.76. The Morgan fingerprint density at radius 2 is 1.75 bits per heavy atom. The molecule has 0 aliphatic rings. The Labute approximate surface area is 164 Å². The smallest absolute Gasteiger partial charge is 0.342 e. The molecule has 28 heavy (non-hydrogen) atoms. The van der Waals surface area contributed by atoms with E-state index in [1.807, 2.05) is 62.4 Å². The Balaban J connectivity index is 2.01. The van der Waals surface area contributed by atoms with Gasteiger partial charge in [0.2, 0.25) is 0 Å². The molecule has 0 saturated carbocycles. The average Bonchev–Trinajstić information content (AvgIpc) is 3.14. The van der Waals surface area contributed by atoms with Gasteiger partial charge in [-0.1, -0.05) is 30.3 Å². The molecule has 0 N–H and O–H groups in total. The van der Waals surface area contributed by atoms with Gasteiger partial charge in [-0.2, -0.15) is 5.10 Å². The van der Waals surface area contributed by atoms with Crippen LogP contribution in [-0.2, 0) is 9.53 Å². The molecule has 1 amide bonds. The second-order valence-electron chi connectivity index (χ2n) is 6.83. The van der Waals surface area contributed by atoms with Crippen molar-refractivity contribution >= 4 is 11.9 Å². The maximum Gasteiger partial charge on any atom is 0.342 e. The van der Waals surface area contributed by atoms with E-state index in [0.29, 0.717) is 11.3 Å². The van der Waals surface area contributed by atoms with Gasteiger partial charge in [0.15, 0.2) is 6.61 Å². The molecule has 0 aliphatic heterocycles. The number of aromatic nitrogens is 2. The minimum Gasteiger partial charge on any atom is -0.452 e. The van der Waals surface area contributed by atoms with Crippen LogP contribution in [0.5, 0.6) is 0 Å². The molecule has 144 valence electrons. The van der Waals surface area contributed by atoms with Gasteiger partial charge >= 0.3 is 5.97 Å². The van der Waals surface area contributed by atoms with E-state index in [-0.39, 0.29) is 12.5 Å². The van der Waals surface area contributed by atoms with Crippen molar-refractivity contribution in [1.82, 2.24) is 14.7 Å². The van der Waals surface area contributed by atoms with E-state index in [4.69, 9.17) is 4.74 Å². The minimum atomic E-state index is -0.578. The summed E-state index contributed by atoms with van der Waals surface area (Å²) in [6.07, 6.45) is 1.64. The first kappa shape index (κ1) is 19.4. The predicted molar refractivity (Wildman–Crippen MR) is 107 cm³/mol. The number of nitrogens with zero attached hydrogens (tertiary/aromatic N) is 3. The van der Waals surface area contributed by atoms with Gasteiger partial charge < -0.3 is 9.64 Å². The van der Waals surface area contributed by atoms with Crippen LogP contribution in [0.2, 0.25) is 0 Å². The van der Waals surface area contributed by atoms with Crippen LogP contribution in [0.1, 0.15) is 21.5 Å². The summed E-state index contributed by atoms with van der Waals surface area (Å²) >= 11 is 0. The number of carbonyl (C=O) groups excluding carboxylic acids is 2. The zero-order valence-electron chi connectivity index (χ0n) is 16.5. The Hall–Kier alpha value is -3.41. The highest BCUT2D eigenvalue weighted by molar-refractivity contribution is 5.97. The fourth-order valence-electron chi connectivity index (χ4n) is 2.67. The van der Waals surface area contributed by atoms with Crippen molar-refractivity contribution in [3.8, 4) is 16.9 Å². The van der Waals surface area contributed by atoms with Crippen molar-refractivity contribution in [2.24, 2.45) is 0 Å². The largest absolute Gasteiger partial charge is 0.452 e. The molecule has 0 saturated heterocycles. The zero-order valence-corrected chi connectivity index (χ0v) is 16.5. The van der Waals surface area contributed by atoms with E-state index >= 15 is 0 Å². The molecular formula is C22H23N3O3. The van der Waals surface area contributed by atoms with Gasteiger partial charge in [0.25, 0.3) is 5.91 Å². The summed E-state index contributed by atoms with van der Waals surface area (Å²) in [5, 5.41) is 4.63. The third-order valence-electron chi connectivity index (χ3n) is 4.56. The van der Waals surface area contributed by atoms with E-state index < -0.39 is 5.97 Å². The second kappa shape index (κ2) is 8.08. The molecule has 1 aromatic heterocycles. The van der Waals surface area contributed by atoms with Crippen molar-refractivity contribution in [1.29, 1.82) is 0 Å². The average molecular weight is 377 g/mol. The Morgan fingerprint density at radius 3 is 2.39 bits per heavy atom. The van der Waals surface area contributed by atoms with Crippen molar-refractivity contribution in [3.63, 3.8) is 0 Å². The van der Waals surface area contributed by atoms with Crippen molar-refractivity contribution < 1.29 is 14.3 Å². The topological polar surface area (TPSA) is 64.4 Å². The number of rotatable bonds is 5. The van der Waals surface area contributed by atoms with Gasteiger partial charge in [-0.05, 0) is 43.2 Å². The summed E-state index contributed by atoms with van der Waals surface area (Å²) < 4.78 is 6.88. The number of aryl methyl sites for hydroxylation is 2. The SMILES string of the molecule is Cc1ccc(-c2nn(-c3ccccc3)cc2C(=O)OCC(=O)N(C)C)cc1C. The van der Waals surface area contributed by atoms with Crippen LogP contribution in [0.4, 0.5) is 0 Å². The highest BCUT2D eigenvalue weighted by atomic mass is 16.5. The molecule has 0 atom stereocenters. The molecule has 3 rings (SSSR count). The van der Waals surface area contributed by atoms with Crippen LogP contribution in [0.3, 0.4) is 0 Å². The normalized spacial score (nSPS) is 10.6. The van der Waals surface area contributed by atoms with Gasteiger partial charge in [0.1, 0.15) is 11.3 Å². The number of likely N-dealkylation sites (N-methyl/N-ethyl adjacent to an activating group) is 1. The molecule has 3 aromatic rings. The summed E-state index contributed by atoms with van der Waals surface area (Å²) in [6.45, 7) is 3.74. The van der Waals surface area contributed by atoms with E-state index in [1.165, 1.54) is 4.90 Å². The number of amides is 1. The lowest BCUT2D eigenvalue weighted by Crippen LogP contribution is -2.27. The van der Waals surface area contributed by atoms with Gasteiger partial charge in [-0.3, -0.25) is 4.79 Å². The van der Waals surface area contributed by atoms with Gasteiger partial charge in [0.05, 0.1) is 5.69 Å². The lowest BCUT2D eigenvalue weighted by molar-refractivity contribution is -0.131. The van der Waals surface area contributed by atoms with E-state index in [2.05, 4.69) is 5.10 Å². The van der Waals surface area contributed by atoms with Crippen LogP contribution in [0.15, 0.2) is 54.7 Å². The molecule has 0 bridgehead atoms. The quantitative estimate of drug-likeness (QED) is 0.639. The third-order valence-corrected chi connectivity index (χ3v) is 4.56. The molecule has 0 spiro atoms. The first-order chi connectivity index (χ1) is 13.4. The highest BCUT2D eigenvalue weighted by Crippen LogP contribution is 2.26. The van der Waals surface area contributed by atoms with Gasteiger partial charge in [-0.25, -0.2) is 9.48 Å². The molecule has 0 unspecified atom stereocenters. The first-order valence-electron chi connectivity index (χ1n) is 8.97. The molecule has 0 aliphatic carbocycles. The number of ether oxygens (including phenoxy) is 1. The fourth-order valence-corrected chi connectivity index (χ4v) is 2.67. The lowest BCUT2D eigenvalue weighted by atomic mass is 10.0. The van der Waals surface area contributed by atoms with Crippen LogP contribution in [0.25, 0.3) is 16.9 Å². The minimum absolute atomic E-state index is 0.281. The predicted octanol–water partition coefficient (Wildman–Crippen LogP) is 3.40. The standard InChI is InChI=1S/C22H23N3O3/c1-15-10-11-17(12-16(15)2)21-19(22(27)28-14-20(26)24(3)4)13-25(23-21)18-8-6-5-7-9-18/h5-13H,14H2,1-4H3. The molecular weight excluding hydrogens is 354 g/mol. The van der Waals surface area contributed by atoms with E-state index in [9.17, 15) is 9.59 Å². The zero-order chi connectivity index (χ0) is 20.3. The fraction of sp³-hybridized carbons (Fsp3) is 0.227. The van der Waals surface area contributed by atoms with Crippen LogP contribution >= 0.6 is 0 Å². The summed E-state index contributed by atoms with van der Waals surface area (Å²) in [7, 11) is 3.23. The van der Waals surface area contributed by atoms with Gasteiger partial charge in [-0.15, -0.1) is 0 Å². The van der Waals surface area contributed by atoms with Crippen molar-refractivity contribution in [2.75, 3.05) is 20.7 Å². The van der Waals surface area contributed by atoms with Crippen molar-refractivity contribution in [2.45, 2.75) is 13.8 Å². The Morgan fingerprint density at radius 1 is 1.04 bits per heavy atom. The summed E-state index contributed by atoms with van der Waals surface area (Å²) in [4.78, 5) is 25.9. The maximum atomic E-state index is 12.7. The third kappa shape index (κ3) is 4.11. The molecule has 0 radical (unpaired) electrons. The first-order valence-corrected chi connectivity index (χ1v) is 8.97. The molecule has 6 nitrogen and oxygen atoms in total. The number of hydrogen-bond acceptors (Lipinski definition) is 4. The van der Waals surface area contributed by atoms with Crippen LogP contribution in [0, 0.1) is 13.8 Å². The maximum absolute atomic E-state index is 12.7. The molecule has 6 heteroatoms. The van der Waals surface area contributed by atoms with Gasteiger partial charge in [0, 0.05) is 25.9 Å². The number of esters is 1. The summed E-state index contributed by atoms with van der Waals surface area (Å²) in [6, 6.07) is 15.5. The highest BCUT2D eigenvalue weighted by Gasteiger charge is 2.21. The number of hydrogen-bond donors (Lipinski definition) is 0. The number of para-hydroxylation sites is 1. The second-order valence-corrected chi connectivity index (χ2v) is 6.83.